The Morgan fingerprint density at radius 2 is 1.64 bits per heavy atom. The van der Waals surface area contributed by atoms with Gasteiger partial charge in [0.05, 0.1) is 0 Å². The van der Waals surface area contributed by atoms with Gasteiger partial charge in [0.15, 0.2) is 0 Å². The molecule has 78 valence electrons. The summed E-state index contributed by atoms with van der Waals surface area (Å²) in [7, 11) is 0. The fourth-order valence-electron chi connectivity index (χ4n) is 0.935. The molecule has 5 heteroatoms. The number of rotatable bonds is 2. The molecule has 1 aromatic rings. The molecule has 1 aromatic carbocycles. The predicted molar refractivity (Wildman–Crippen MR) is 47.9 cm³/mol. The van der Waals surface area contributed by atoms with E-state index >= 15 is 0 Å². The van der Waals surface area contributed by atoms with Gasteiger partial charge in [0.1, 0.15) is 6.17 Å². The van der Waals surface area contributed by atoms with Crippen molar-refractivity contribution in [1.82, 2.24) is 0 Å². The van der Waals surface area contributed by atoms with E-state index in [1.807, 2.05) is 0 Å². The Balaban J connectivity index is 2.74. The minimum absolute atomic E-state index is 0.0712. The monoisotopic (exact) mass is 224 g/mol. The Kier molecular flexibility index (Phi) is 3.42. The summed E-state index contributed by atoms with van der Waals surface area (Å²) in [6.07, 6.45) is -1.15. The van der Waals surface area contributed by atoms with E-state index in [0.29, 0.717) is 5.56 Å². The van der Waals surface area contributed by atoms with Crippen LogP contribution in [0, 0.1) is 0 Å². The first-order chi connectivity index (χ1) is 6.38. The van der Waals surface area contributed by atoms with Crippen LogP contribution in [0.5, 0.6) is 0 Å². The number of hydrogen-bond donors (Lipinski definition) is 0. The molecule has 0 aromatic heterocycles. The zero-order valence-electron chi connectivity index (χ0n) is 7.31. The molecule has 14 heavy (non-hydrogen) atoms. The first-order valence-corrected chi connectivity index (χ1v) is 4.70. The van der Waals surface area contributed by atoms with Gasteiger partial charge >= 0.3 is 5.51 Å². The first-order valence-electron chi connectivity index (χ1n) is 3.88. The highest BCUT2D eigenvalue weighted by atomic mass is 32.2. The molecule has 0 fully saturated rings. The molecule has 0 saturated heterocycles. The fraction of sp³-hybridized carbons (Fsp3) is 0.333. The molecular formula is C9H8F4S. The van der Waals surface area contributed by atoms with Gasteiger partial charge in [-0.15, -0.1) is 0 Å². The summed E-state index contributed by atoms with van der Waals surface area (Å²) in [5.74, 6) is 0. The summed E-state index contributed by atoms with van der Waals surface area (Å²) >= 11 is -0.201. The van der Waals surface area contributed by atoms with E-state index in [0.717, 1.165) is 0 Å². The Bertz CT molecular complexity index is 289. The van der Waals surface area contributed by atoms with E-state index in [-0.39, 0.29) is 16.7 Å². The van der Waals surface area contributed by atoms with E-state index in [2.05, 4.69) is 0 Å². The van der Waals surface area contributed by atoms with Crippen LogP contribution in [0.3, 0.4) is 0 Å². The molecule has 0 aliphatic carbocycles. The molecule has 1 rings (SSSR count). The van der Waals surface area contributed by atoms with Gasteiger partial charge in [-0.05, 0) is 36.4 Å². The Morgan fingerprint density at radius 3 is 2.00 bits per heavy atom. The lowest BCUT2D eigenvalue weighted by Gasteiger charge is -2.06. The standard InChI is InChI=1S/C9H8F4S/c1-6(10)7-2-4-8(5-3-7)14-9(11,12)13/h2-6H,1H3. The number of thioether (sulfide) groups is 1. The van der Waals surface area contributed by atoms with Gasteiger partial charge in [-0.3, -0.25) is 0 Å². The van der Waals surface area contributed by atoms with Crippen molar-refractivity contribution in [2.45, 2.75) is 23.5 Å². The second-order valence-corrected chi connectivity index (χ2v) is 3.87. The molecule has 0 heterocycles. The van der Waals surface area contributed by atoms with Crippen LogP contribution in [-0.2, 0) is 0 Å². The van der Waals surface area contributed by atoms with Crippen LogP contribution in [0.4, 0.5) is 17.6 Å². The third kappa shape index (κ3) is 3.57. The van der Waals surface area contributed by atoms with Crippen molar-refractivity contribution in [3.05, 3.63) is 29.8 Å². The predicted octanol–water partition coefficient (Wildman–Crippen LogP) is 4.33. The second-order valence-electron chi connectivity index (χ2n) is 2.73. The maximum atomic E-state index is 12.7. The number of alkyl halides is 4. The van der Waals surface area contributed by atoms with Crippen molar-refractivity contribution in [3.8, 4) is 0 Å². The van der Waals surface area contributed by atoms with Gasteiger partial charge in [0.25, 0.3) is 0 Å². The van der Waals surface area contributed by atoms with Crippen molar-refractivity contribution in [2.24, 2.45) is 0 Å². The van der Waals surface area contributed by atoms with Gasteiger partial charge < -0.3 is 0 Å². The highest BCUT2D eigenvalue weighted by Gasteiger charge is 2.29. The summed E-state index contributed by atoms with van der Waals surface area (Å²) in [5, 5.41) is 0. The lowest BCUT2D eigenvalue weighted by molar-refractivity contribution is -0.0328. The van der Waals surface area contributed by atoms with Crippen molar-refractivity contribution in [2.75, 3.05) is 0 Å². The van der Waals surface area contributed by atoms with Crippen molar-refractivity contribution < 1.29 is 17.6 Å². The summed E-state index contributed by atoms with van der Waals surface area (Å²) < 4.78 is 48.3. The minimum Gasteiger partial charge on any atom is -0.243 e. The SMILES string of the molecule is CC(F)c1ccc(SC(F)(F)F)cc1. The van der Waals surface area contributed by atoms with Crippen LogP contribution < -0.4 is 0 Å². The highest BCUT2D eigenvalue weighted by Crippen LogP contribution is 2.37. The zero-order chi connectivity index (χ0) is 10.8. The van der Waals surface area contributed by atoms with Crippen LogP contribution in [0.15, 0.2) is 29.2 Å². The van der Waals surface area contributed by atoms with Crippen molar-refractivity contribution in [3.63, 3.8) is 0 Å². The normalized spacial score (nSPS) is 14.1. The van der Waals surface area contributed by atoms with Crippen LogP contribution >= 0.6 is 11.8 Å². The minimum atomic E-state index is -4.29. The smallest absolute Gasteiger partial charge is 0.243 e. The fourth-order valence-corrected chi connectivity index (χ4v) is 1.47. The van der Waals surface area contributed by atoms with E-state index in [1.54, 1.807) is 0 Å². The number of benzene rings is 1. The molecule has 0 amide bonds. The molecule has 0 nitrogen and oxygen atoms in total. The molecule has 0 radical (unpaired) electrons. The largest absolute Gasteiger partial charge is 0.446 e. The average Bonchev–Trinajstić information content (AvgIpc) is 2.02. The molecule has 0 saturated carbocycles. The third-order valence-electron chi connectivity index (χ3n) is 1.57. The van der Waals surface area contributed by atoms with E-state index in [4.69, 9.17) is 0 Å². The Morgan fingerprint density at radius 1 is 1.14 bits per heavy atom. The average molecular weight is 224 g/mol. The van der Waals surface area contributed by atoms with Gasteiger partial charge in [0.2, 0.25) is 0 Å². The summed E-state index contributed by atoms with van der Waals surface area (Å²) in [5.41, 5.74) is -3.90. The lowest BCUT2D eigenvalue weighted by atomic mass is 10.1. The van der Waals surface area contributed by atoms with Crippen molar-refractivity contribution in [1.29, 1.82) is 0 Å². The number of hydrogen-bond acceptors (Lipinski definition) is 1. The second kappa shape index (κ2) is 4.21. The lowest BCUT2D eigenvalue weighted by Crippen LogP contribution is -1.98. The van der Waals surface area contributed by atoms with Crippen molar-refractivity contribution >= 4 is 11.8 Å². The molecular weight excluding hydrogens is 216 g/mol. The van der Waals surface area contributed by atoms with Gasteiger partial charge in [-0.25, -0.2) is 4.39 Å². The van der Waals surface area contributed by atoms with Gasteiger partial charge in [0, 0.05) is 4.90 Å². The maximum absolute atomic E-state index is 12.7. The molecule has 1 unspecified atom stereocenters. The van der Waals surface area contributed by atoms with Crippen LogP contribution in [0.2, 0.25) is 0 Å². The molecule has 1 atom stereocenters. The molecule has 0 aliphatic rings. The van der Waals surface area contributed by atoms with Crippen LogP contribution in [-0.4, -0.2) is 5.51 Å². The first kappa shape index (κ1) is 11.4. The molecule has 0 spiro atoms. The van der Waals surface area contributed by atoms with Crippen LogP contribution in [0.1, 0.15) is 18.7 Å². The molecule has 0 aliphatic heterocycles. The molecule has 0 bridgehead atoms. The van der Waals surface area contributed by atoms with Gasteiger partial charge in [-0.1, -0.05) is 12.1 Å². The number of halogens is 4. The van der Waals surface area contributed by atoms with Crippen LogP contribution in [0.25, 0.3) is 0 Å². The third-order valence-corrected chi connectivity index (χ3v) is 2.31. The summed E-state index contributed by atoms with van der Waals surface area (Å²) in [6, 6.07) is 5.25. The highest BCUT2D eigenvalue weighted by molar-refractivity contribution is 8.00. The van der Waals surface area contributed by atoms with E-state index < -0.39 is 11.7 Å². The Labute approximate surface area is 83.3 Å². The maximum Gasteiger partial charge on any atom is 0.446 e. The zero-order valence-corrected chi connectivity index (χ0v) is 8.12. The van der Waals surface area contributed by atoms with E-state index in [1.165, 1.54) is 31.2 Å². The van der Waals surface area contributed by atoms with Gasteiger partial charge in [-0.2, -0.15) is 13.2 Å². The topological polar surface area (TPSA) is 0 Å². The summed E-state index contributed by atoms with van der Waals surface area (Å²) in [4.78, 5) is 0.0712. The van der Waals surface area contributed by atoms with E-state index in [9.17, 15) is 17.6 Å². The Hall–Kier alpha value is -0.710. The molecule has 0 N–H and O–H groups in total. The summed E-state index contributed by atoms with van der Waals surface area (Å²) in [6.45, 7) is 1.34. The quantitative estimate of drug-likeness (QED) is 0.532.